The Bertz CT molecular complexity index is 607. The molecule has 1 unspecified atom stereocenters. The molecule has 0 bridgehead atoms. The van der Waals surface area contributed by atoms with Crippen molar-refractivity contribution in [2.24, 2.45) is 4.99 Å². The van der Waals surface area contributed by atoms with Gasteiger partial charge in [-0.1, -0.05) is 0 Å². The first-order valence-electron chi connectivity index (χ1n) is 9.28. The van der Waals surface area contributed by atoms with Gasteiger partial charge in [-0.15, -0.1) is 24.0 Å². The smallest absolute Gasteiger partial charge is 0.407 e. The molecule has 0 spiro atoms. The highest BCUT2D eigenvalue weighted by Crippen LogP contribution is 2.12. The first-order chi connectivity index (χ1) is 12.5. The number of likely N-dealkylation sites (tertiary alicyclic amines) is 1. The maximum absolute atomic E-state index is 11.9. The van der Waals surface area contributed by atoms with E-state index in [-0.39, 0.29) is 42.4 Å². The number of hydrogen-bond donors (Lipinski definition) is 2. The molecule has 1 atom stereocenters. The van der Waals surface area contributed by atoms with Crippen molar-refractivity contribution >= 4 is 45.9 Å². The second-order valence-electron chi connectivity index (χ2n) is 7.56. The monoisotopic (exact) mass is 534 g/mol. The molecule has 0 aliphatic carbocycles. The first-order valence-corrected chi connectivity index (χ1v) is 11.3. The molecule has 1 aliphatic heterocycles. The highest BCUT2D eigenvalue weighted by atomic mass is 127. The van der Waals surface area contributed by atoms with Crippen LogP contribution >= 0.6 is 24.0 Å². The Balaban J connectivity index is 0.00000729. The number of carbonyl (C=O) groups is 1. The van der Waals surface area contributed by atoms with Crippen molar-refractivity contribution in [2.75, 3.05) is 51.4 Å². The molecule has 0 aromatic heterocycles. The predicted molar refractivity (Wildman–Crippen MR) is 121 cm³/mol. The molecule has 0 aromatic carbocycles. The van der Waals surface area contributed by atoms with Crippen molar-refractivity contribution < 1.29 is 22.7 Å². The van der Waals surface area contributed by atoms with Gasteiger partial charge in [0.25, 0.3) is 0 Å². The van der Waals surface area contributed by atoms with Crippen LogP contribution in [0, 0.1) is 0 Å². The molecule has 0 aromatic rings. The number of amides is 1. The number of carbonyl (C=O) groups excluding carboxylic acids is 1. The SMILES string of the molecule is CCNC(=NCCOCCS(C)(=O)=O)N1CCC(NC(=O)OC(C)(C)C)C1.I. The lowest BCUT2D eigenvalue weighted by atomic mass is 10.2. The van der Waals surface area contributed by atoms with Crippen molar-refractivity contribution in [3.8, 4) is 0 Å². The Kier molecular flexibility index (Phi) is 12.3. The third-order valence-electron chi connectivity index (χ3n) is 3.64. The fourth-order valence-corrected chi connectivity index (χ4v) is 2.92. The van der Waals surface area contributed by atoms with Gasteiger partial charge in [0.05, 0.1) is 31.6 Å². The van der Waals surface area contributed by atoms with Gasteiger partial charge in [-0.25, -0.2) is 13.2 Å². The van der Waals surface area contributed by atoms with E-state index in [9.17, 15) is 13.2 Å². The molecule has 0 radical (unpaired) electrons. The van der Waals surface area contributed by atoms with E-state index in [0.29, 0.717) is 19.7 Å². The zero-order chi connectivity index (χ0) is 20.5. The standard InChI is InChI=1S/C17H34N4O5S.HI/c1-6-18-15(19-8-10-25-11-12-27(5,23)24)21-9-7-14(13-21)20-16(22)26-17(2,3)4;/h14H,6-13H2,1-5H3,(H,18,19)(H,20,22);1H. The van der Waals surface area contributed by atoms with Crippen LogP contribution in [0.1, 0.15) is 34.1 Å². The summed E-state index contributed by atoms with van der Waals surface area (Å²) in [6.45, 7) is 10.6. The minimum Gasteiger partial charge on any atom is -0.444 e. The van der Waals surface area contributed by atoms with Crippen LogP contribution in [0.4, 0.5) is 4.79 Å². The number of nitrogens with zero attached hydrogens (tertiary/aromatic N) is 2. The van der Waals surface area contributed by atoms with Gasteiger partial charge in [0.2, 0.25) is 0 Å². The van der Waals surface area contributed by atoms with Crippen molar-refractivity contribution in [3.63, 3.8) is 0 Å². The van der Waals surface area contributed by atoms with Gasteiger partial charge < -0.3 is 25.0 Å². The number of aliphatic imine (C=N–C) groups is 1. The Morgan fingerprint density at radius 3 is 2.54 bits per heavy atom. The number of nitrogens with one attached hydrogen (secondary N) is 2. The van der Waals surface area contributed by atoms with Crippen LogP contribution in [0.25, 0.3) is 0 Å². The second-order valence-corrected chi connectivity index (χ2v) is 9.82. The maximum atomic E-state index is 11.9. The zero-order valence-electron chi connectivity index (χ0n) is 17.5. The van der Waals surface area contributed by atoms with Gasteiger partial charge in [-0.05, 0) is 34.1 Å². The minimum absolute atomic E-state index is 0. The molecule has 1 amide bonds. The van der Waals surface area contributed by atoms with Gasteiger partial charge in [-0.3, -0.25) is 4.99 Å². The number of guanidine groups is 1. The summed E-state index contributed by atoms with van der Waals surface area (Å²) in [4.78, 5) is 18.5. The highest BCUT2D eigenvalue weighted by Gasteiger charge is 2.27. The summed E-state index contributed by atoms with van der Waals surface area (Å²) in [7, 11) is -3.00. The Morgan fingerprint density at radius 2 is 1.96 bits per heavy atom. The Hall–Kier alpha value is -0.820. The molecule has 11 heteroatoms. The molecule has 1 heterocycles. The van der Waals surface area contributed by atoms with Crippen molar-refractivity contribution in [1.29, 1.82) is 0 Å². The van der Waals surface area contributed by atoms with Gasteiger partial charge in [0.1, 0.15) is 15.4 Å². The fraction of sp³-hybridized carbons (Fsp3) is 0.882. The lowest BCUT2D eigenvalue weighted by Gasteiger charge is -2.23. The first kappa shape index (κ1) is 27.2. The summed E-state index contributed by atoms with van der Waals surface area (Å²) in [6, 6.07) is 0.00900. The van der Waals surface area contributed by atoms with Crippen LogP contribution in [0.15, 0.2) is 4.99 Å². The van der Waals surface area contributed by atoms with Crippen molar-refractivity contribution in [3.05, 3.63) is 0 Å². The summed E-state index contributed by atoms with van der Waals surface area (Å²) in [6.07, 6.45) is 1.59. The molecule has 1 aliphatic rings. The summed E-state index contributed by atoms with van der Waals surface area (Å²) in [5.41, 5.74) is -0.518. The molecule has 9 nitrogen and oxygen atoms in total. The quantitative estimate of drug-likeness (QED) is 0.209. The molecule has 2 N–H and O–H groups in total. The third-order valence-corrected chi connectivity index (χ3v) is 4.55. The third kappa shape index (κ3) is 12.6. The molecule has 166 valence electrons. The molecule has 0 saturated carbocycles. The minimum atomic E-state index is -3.00. The summed E-state index contributed by atoms with van der Waals surface area (Å²) in [5, 5.41) is 6.13. The fourth-order valence-electron chi connectivity index (χ4n) is 2.50. The number of hydrogen-bond acceptors (Lipinski definition) is 6. The van der Waals surface area contributed by atoms with Gasteiger partial charge in [-0.2, -0.15) is 0 Å². The summed E-state index contributed by atoms with van der Waals surface area (Å²) >= 11 is 0. The molecule has 28 heavy (non-hydrogen) atoms. The molecular formula is C17H35IN4O5S. The van der Waals surface area contributed by atoms with Crippen LogP contribution in [0.3, 0.4) is 0 Å². The number of rotatable bonds is 8. The van der Waals surface area contributed by atoms with Crippen LogP contribution in [-0.2, 0) is 19.3 Å². The van der Waals surface area contributed by atoms with E-state index < -0.39 is 21.5 Å². The lowest BCUT2D eigenvalue weighted by molar-refractivity contribution is 0.0507. The van der Waals surface area contributed by atoms with Crippen molar-refractivity contribution in [2.45, 2.75) is 45.8 Å². The number of ether oxygens (including phenoxy) is 2. The summed E-state index contributed by atoms with van der Waals surface area (Å²) in [5.74, 6) is 0.777. The van der Waals surface area contributed by atoms with Crippen LogP contribution in [-0.4, -0.2) is 88.4 Å². The molecular weight excluding hydrogens is 499 g/mol. The van der Waals surface area contributed by atoms with Gasteiger partial charge in [0.15, 0.2) is 5.96 Å². The van der Waals surface area contributed by atoms with E-state index >= 15 is 0 Å². The molecule has 1 saturated heterocycles. The average Bonchev–Trinajstić information content (AvgIpc) is 2.94. The zero-order valence-corrected chi connectivity index (χ0v) is 20.6. The lowest BCUT2D eigenvalue weighted by Crippen LogP contribution is -2.44. The summed E-state index contributed by atoms with van der Waals surface area (Å²) < 4.78 is 32.7. The van der Waals surface area contributed by atoms with Crippen LogP contribution in [0.2, 0.25) is 0 Å². The Labute approximate surface area is 185 Å². The number of sulfone groups is 1. The highest BCUT2D eigenvalue weighted by molar-refractivity contribution is 14.0. The van der Waals surface area contributed by atoms with E-state index in [0.717, 1.165) is 25.5 Å². The average molecular weight is 534 g/mol. The maximum Gasteiger partial charge on any atom is 0.407 e. The van der Waals surface area contributed by atoms with E-state index in [1.807, 2.05) is 27.7 Å². The number of alkyl carbamates (subject to hydrolysis) is 1. The second kappa shape index (κ2) is 12.7. The van der Waals surface area contributed by atoms with E-state index in [1.54, 1.807) is 0 Å². The van der Waals surface area contributed by atoms with Crippen molar-refractivity contribution in [1.82, 2.24) is 15.5 Å². The molecule has 1 fully saturated rings. The molecule has 1 rings (SSSR count). The van der Waals surface area contributed by atoms with E-state index in [1.165, 1.54) is 6.26 Å². The Morgan fingerprint density at radius 1 is 1.29 bits per heavy atom. The topological polar surface area (TPSA) is 109 Å². The van der Waals surface area contributed by atoms with Gasteiger partial charge >= 0.3 is 6.09 Å². The largest absolute Gasteiger partial charge is 0.444 e. The van der Waals surface area contributed by atoms with Gasteiger partial charge in [0, 0.05) is 25.9 Å². The van der Waals surface area contributed by atoms with E-state index in [4.69, 9.17) is 9.47 Å². The van der Waals surface area contributed by atoms with Crippen LogP contribution < -0.4 is 10.6 Å². The van der Waals surface area contributed by atoms with Crippen LogP contribution in [0.5, 0.6) is 0 Å². The normalized spacial score (nSPS) is 17.8. The predicted octanol–water partition coefficient (Wildman–Crippen LogP) is 1.23. The van der Waals surface area contributed by atoms with E-state index in [2.05, 4.69) is 20.5 Å². The number of halogens is 1.